The molecule has 0 radical (unpaired) electrons. The van der Waals surface area contributed by atoms with E-state index in [1.807, 2.05) is 12.1 Å². The number of carboxylic acids is 1. The Balaban J connectivity index is 2.15. The zero-order valence-electron chi connectivity index (χ0n) is 10.3. The minimum absolute atomic E-state index is 0.148. The maximum Gasteiger partial charge on any atom is 0.307 e. The Morgan fingerprint density at radius 3 is 2.72 bits per heavy atom. The zero-order chi connectivity index (χ0) is 12.8. The van der Waals surface area contributed by atoms with E-state index >= 15 is 0 Å². The van der Waals surface area contributed by atoms with E-state index in [0.29, 0.717) is 0 Å². The topological polar surface area (TPSA) is 37.3 Å². The van der Waals surface area contributed by atoms with Gasteiger partial charge in [0.15, 0.2) is 0 Å². The van der Waals surface area contributed by atoms with Crippen LogP contribution in [0.15, 0.2) is 18.2 Å². The van der Waals surface area contributed by atoms with Crippen molar-refractivity contribution in [2.24, 2.45) is 5.92 Å². The van der Waals surface area contributed by atoms with Crippen molar-refractivity contribution in [3.05, 3.63) is 34.3 Å². The molecule has 1 atom stereocenters. The van der Waals surface area contributed by atoms with Gasteiger partial charge in [-0.25, -0.2) is 0 Å². The summed E-state index contributed by atoms with van der Waals surface area (Å²) in [5.41, 5.74) is 2.37. The predicted molar refractivity (Wildman–Crippen MR) is 71.0 cm³/mol. The predicted octanol–water partition coefficient (Wildman–Crippen LogP) is 3.80. The smallest absolute Gasteiger partial charge is 0.307 e. The van der Waals surface area contributed by atoms with Gasteiger partial charge in [0.05, 0.1) is 5.92 Å². The molecule has 1 saturated carbocycles. The van der Waals surface area contributed by atoms with Gasteiger partial charge in [0.2, 0.25) is 0 Å². The third kappa shape index (κ3) is 1.66. The molecule has 0 aliphatic heterocycles. The molecule has 1 aromatic carbocycles. The molecule has 2 aliphatic carbocycles. The Kier molecular flexibility index (Phi) is 2.86. The number of fused-ring (bicyclic) bond motifs is 2. The van der Waals surface area contributed by atoms with Gasteiger partial charge >= 0.3 is 5.97 Å². The molecule has 1 fully saturated rings. The van der Waals surface area contributed by atoms with Crippen molar-refractivity contribution in [2.75, 3.05) is 0 Å². The summed E-state index contributed by atoms with van der Waals surface area (Å²) < 4.78 is 0. The van der Waals surface area contributed by atoms with E-state index < -0.39 is 5.97 Å². The van der Waals surface area contributed by atoms with Crippen LogP contribution in [0.4, 0.5) is 0 Å². The zero-order valence-corrected chi connectivity index (χ0v) is 11.0. The molecule has 0 saturated heterocycles. The van der Waals surface area contributed by atoms with Crippen LogP contribution in [0.3, 0.4) is 0 Å². The lowest BCUT2D eigenvalue weighted by Crippen LogP contribution is -2.41. The Bertz CT molecular complexity index is 489. The number of carboxylic acid groups (broad SMARTS) is 1. The summed E-state index contributed by atoms with van der Waals surface area (Å²) in [5.74, 6) is -0.867. The number of aryl methyl sites for hydroxylation is 1. The standard InChI is InChI=1S/C15H17ClO2/c16-11-5-3-10-4-6-12(14(17)18)15(13(10)9-11)7-1-2-8-15/h3,5,9,12H,1-2,4,6-8H2,(H,17,18). The molecule has 18 heavy (non-hydrogen) atoms. The first-order valence-electron chi connectivity index (χ1n) is 6.65. The molecule has 1 aromatic rings. The molecule has 96 valence electrons. The number of halogens is 1. The monoisotopic (exact) mass is 264 g/mol. The van der Waals surface area contributed by atoms with Crippen LogP contribution in [0, 0.1) is 5.92 Å². The van der Waals surface area contributed by atoms with Crippen LogP contribution in [0.25, 0.3) is 0 Å². The molecule has 3 rings (SSSR count). The van der Waals surface area contributed by atoms with Crippen LogP contribution in [0.1, 0.15) is 43.2 Å². The van der Waals surface area contributed by atoms with Crippen LogP contribution >= 0.6 is 11.6 Å². The number of hydrogen-bond donors (Lipinski definition) is 1. The first-order chi connectivity index (χ1) is 8.63. The van der Waals surface area contributed by atoms with Gasteiger partial charge in [-0.15, -0.1) is 0 Å². The van der Waals surface area contributed by atoms with E-state index in [1.165, 1.54) is 11.1 Å². The second-order valence-electron chi connectivity index (χ2n) is 5.59. The highest BCUT2D eigenvalue weighted by Gasteiger charge is 2.49. The maximum absolute atomic E-state index is 11.6. The first kappa shape index (κ1) is 12.0. The van der Waals surface area contributed by atoms with Crippen molar-refractivity contribution in [2.45, 2.75) is 43.9 Å². The summed E-state index contributed by atoms with van der Waals surface area (Å²) in [4.78, 5) is 11.6. The second kappa shape index (κ2) is 4.27. The molecule has 1 spiro atoms. The van der Waals surface area contributed by atoms with Crippen molar-refractivity contribution in [3.8, 4) is 0 Å². The Labute approximate surface area is 112 Å². The molecule has 1 N–H and O–H groups in total. The van der Waals surface area contributed by atoms with Gasteiger partial charge in [-0.05, 0) is 48.9 Å². The third-order valence-corrected chi connectivity index (χ3v) is 5.01. The lowest BCUT2D eigenvalue weighted by atomic mass is 9.62. The highest BCUT2D eigenvalue weighted by Crippen LogP contribution is 2.52. The minimum atomic E-state index is -0.637. The van der Waals surface area contributed by atoms with Gasteiger partial charge in [-0.1, -0.05) is 30.5 Å². The van der Waals surface area contributed by atoms with Crippen molar-refractivity contribution < 1.29 is 9.90 Å². The summed E-state index contributed by atoms with van der Waals surface area (Å²) in [6.07, 6.45) is 5.90. The van der Waals surface area contributed by atoms with Crippen LogP contribution in [0.2, 0.25) is 5.02 Å². The SMILES string of the molecule is O=C(O)C1CCc2ccc(Cl)cc2C12CCCC2. The Hall–Kier alpha value is -1.02. The normalized spacial score (nSPS) is 25.1. The van der Waals surface area contributed by atoms with E-state index in [-0.39, 0.29) is 11.3 Å². The molecule has 0 aromatic heterocycles. The van der Waals surface area contributed by atoms with E-state index in [1.54, 1.807) is 0 Å². The summed E-state index contributed by atoms with van der Waals surface area (Å²) in [6, 6.07) is 6.01. The fourth-order valence-electron chi connectivity index (χ4n) is 3.98. The average Bonchev–Trinajstić information content (AvgIpc) is 2.80. The highest BCUT2D eigenvalue weighted by atomic mass is 35.5. The van der Waals surface area contributed by atoms with Gasteiger partial charge in [0.25, 0.3) is 0 Å². The second-order valence-corrected chi connectivity index (χ2v) is 6.03. The highest BCUT2D eigenvalue weighted by molar-refractivity contribution is 6.30. The largest absolute Gasteiger partial charge is 0.481 e. The lowest BCUT2D eigenvalue weighted by Gasteiger charge is -2.41. The fourth-order valence-corrected chi connectivity index (χ4v) is 4.15. The average molecular weight is 265 g/mol. The van der Waals surface area contributed by atoms with Crippen LogP contribution in [0.5, 0.6) is 0 Å². The number of rotatable bonds is 1. The summed E-state index contributed by atoms with van der Waals surface area (Å²) in [5, 5.41) is 10.3. The van der Waals surface area contributed by atoms with Gasteiger partial charge in [0, 0.05) is 10.4 Å². The number of hydrogen-bond acceptors (Lipinski definition) is 1. The molecular weight excluding hydrogens is 248 g/mol. The molecule has 1 unspecified atom stereocenters. The van der Waals surface area contributed by atoms with Crippen molar-refractivity contribution in [1.82, 2.24) is 0 Å². The van der Waals surface area contributed by atoms with E-state index in [4.69, 9.17) is 11.6 Å². The first-order valence-corrected chi connectivity index (χ1v) is 7.03. The Morgan fingerprint density at radius 1 is 1.33 bits per heavy atom. The minimum Gasteiger partial charge on any atom is -0.481 e. The fraction of sp³-hybridized carbons (Fsp3) is 0.533. The summed E-state index contributed by atoms with van der Waals surface area (Å²) in [7, 11) is 0. The molecule has 0 bridgehead atoms. The summed E-state index contributed by atoms with van der Waals surface area (Å²) >= 11 is 6.12. The molecule has 3 heteroatoms. The number of benzene rings is 1. The van der Waals surface area contributed by atoms with E-state index in [9.17, 15) is 9.90 Å². The van der Waals surface area contributed by atoms with E-state index in [0.717, 1.165) is 43.5 Å². The third-order valence-electron chi connectivity index (χ3n) is 4.77. The van der Waals surface area contributed by atoms with Gasteiger partial charge < -0.3 is 5.11 Å². The maximum atomic E-state index is 11.6. The van der Waals surface area contributed by atoms with Gasteiger partial charge in [0.1, 0.15) is 0 Å². The van der Waals surface area contributed by atoms with Crippen molar-refractivity contribution >= 4 is 17.6 Å². The van der Waals surface area contributed by atoms with Crippen LogP contribution in [-0.4, -0.2) is 11.1 Å². The number of aliphatic carboxylic acids is 1. The lowest BCUT2D eigenvalue weighted by molar-refractivity contribution is -0.145. The molecule has 2 nitrogen and oxygen atoms in total. The molecule has 0 heterocycles. The quantitative estimate of drug-likeness (QED) is 0.838. The van der Waals surface area contributed by atoms with Crippen LogP contribution in [-0.2, 0) is 16.6 Å². The molecule has 0 amide bonds. The van der Waals surface area contributed by atoms with Crippen LogP contribution < -0.4 is 0 Å². The van der Waals surface area contributed by atoms with Crippen molar-refractivity contribution in [1.29, 1.82) is 0 Å². The van der Waals surface area contributed by atoms with Gasteiger partial charge in [-0.3, -0.25) is 4.79 Å². The van der Waals surface area contributed by atoms with Crippen molar-refractivity contribution in [3.63, 3.8) is 0 Å². The number of carbonyl (C=O) groups is 1. The Morgan fingerprint density at radius 2 is 2.06 bits per heavy atom. The van der Waals surface area contributed by atoms with Gasteiger partial charge in [-0.2, -0.15) is 0 Å². The molecular formula is C15H17ClO2. The van der Waals surface area contributed by atoms with E-state index in [2.05, 4.69) is 6.07 Å². The summed E-state index contributed by atoms with van der Waals surface area (Å²) in [6.45, 7) is 0. The molecule has 2 aliphatic rings.